The smallest absolute Gasteiger partial charge is 0.178 e. The fraction of sp³-hybridized carbons (Fsp3) is 0.714. The summed E-state index contributed by atoms with van der Waals surface area (Å²) in [7, 11) is -3.32. The third-order valence-corrected chi connectivity index (χ3v) is 5.63. The maximum atomic E-state index is 11.9. The first-order valence-electron chi connectivity index (χ1n) is 7.46. The van der Waals surface area contributed by atoms with Crippen molar-refractivity contribution in [1.29, 1.82) is 0 Å². The van der Waals surface area contributed by atoms with Gasteiger partial charge in [0, 0.05) is 18.4 Å². The first-order valence-corrected chi connectivity index (χ1v) is 9.36. The number of sulfone groups is 1. The highest BCUT2D eigenvalue weighted by Crippen LogP contribution is 2.32. The molecule has 3 rings (SSSR count). The highest BCUT2D eigenvalue weighted by Gasteiger charge is 2.35. The lowest BCUT2D eigenvalue weighted by atomic mass is 9.92. The maximum Gasteiger partial charge on any atom is 0.178 e. The Balaban J connectivity index is 1.72. The van der Waals surface area contributed by atoms with E-state index < -0.39 is 15.9 Å². The first-order chi connectivity index (χ1) is 10.5. The molecule has 0 aromatic carbocycles. The molecule has 0 bridgehead atoms. The van der Waals surface area contributed by atoms with Gasteiger partial charge in [0.05, 0.1) is 31.1 Å². The number of aromatic nitrogens is 2. The van der Waals surface area contributed by atoms with E-state index in [1.54, 1.807) is 0 Å². The number of aliphatic hydroxyl groups is 1. The topological polar surface area (TPSA) is 92.6 Å². The predicted molar refractivity (Wildman–Crippen MR) is 79.3 cm³/mol. The van der Waals surface area contributed by atoms with Crippen molar-refractivity contribution in [3.63, 3.8) is 0 Å². The van der Waals surface area contributed by atoms with E-state index in [0.29, 0.717) is 18.9 Å². The molecule has 122 valence electrons. The fourth-order valence-corrected chi connectivity index (χ4v) is 4.16. The summed E-state index contributed by atoms with van der Waals surface area (Å²) < 4.78 is 29.1. The van der Waals surface area contributed by atoms with Gasteiger partial charge < -0.3 is 9.84 Å². The average Bonchev–Trinajstić information content (AvgIpc) is 2.93. The monoisotopic (exact) mass is 327 g/mol. The molecule has 0 amide bonds. The highest BCUT2D eigenvalue weighted by atomic mass is 32.2. The van der Waals surface area contributed by atoms with Crippen molar-refractivity contribution in [1.82, 2.24) is 14.9 Å². The van der Waals surface area contributed by atoms with Gasteiger partial charge in [0.15, 0.2) is 9.84 Å². The number of hydrogen-bond acceptors (Lipinski definition) is 7. The van der Waals surface area contributed by atoms with Crippen LogP contribution in [0.25, 0.3) is 0 Å². The van der Waals surface area contributed by atoms with Gasteiger partial charge in [-0.1, -0.05) is 0 Å². The van der Waals surface area contributed by atoms with Gasteiger partial charge in [-0.05, 0) is 25.9 Å². The van der Waals surface area contributed by atoms with Gasteiger partial charge in [-0.25, -0.2) is 18.4 Å². The summed E-state index contributed by atoms with van der Waals surface area (Å²) in [6.07, 6.45) is 5.20. The van der Waals surface area contributed by atoms with Crippen LogP contribution < -0.4 is 0 Å². The van der Waals surface area contributed by atoms with E-state index in [1.807, 2.05) is 0 Å². The minimum absolute atomic E-state index is 0.0562. The molecule has 7 nitrogen and oxygen atoms in total. The van der Waals surface area contributed by atoms with Gasteiger partial charge in [-0.15, -0.1) is 0 Å². The predicted octanol–water partition coefficient (Wildman–Crippen LogP) is -0.181. The van der Waals surface area contributed by atoms with E-state index in [-0.39, 0.29) is 16.9 Å². The Morgan fingerprint density at radius 3 is 2.64 bits per heavy atom. The highest BCUT2D eigenvalue weighted by molar-refractivity contribution is 7.90. The van der Waals surface area contributed by atoms with Crippen LogP contribution in [0, 0.1) is 0 Å². The second-order valence-corrected chi connectivity index (χ2v) is 8.01. The van der Waals surface area contributed by atoms with Crippen LogP contribution in [0.4, 0.5) is 0 Å². The van der Waals surface area contributed by atoms with Gasteiger partial charge >= 0.3 is 0 Å². The van der Waals surface area contributed by atoms with Gasteiger partial charge in [0.1, 0.15) is 11.2 Å². The van der Waals surface area contributed by atoms with Crippen molar-refractivity contribution in [2.75, 3.05) is 32.6 Å². The molecule has 0 unspecified atom stereocenters. The second-order valence-electron chi connectivity index (χ2n) is 6.03. The van der Waals surface area contributed by atoms with Crippen molar-refractivity contribution < 1.29 is 18.3 Å². The van der Waals surface area contributed by atoms with E-state index in [0.717, 1.165) is 25.9 Å². The Morgan fingerprint density at radius 2 is 2.05 bits per heavy atom. The molecule has 3 heterocycles. The van der Waals surface area contributed by atoms with Crippen molar-refractivity contribution in [3.8, 4) is 0 Å². The molecule has 2 aliphatic heterocycles. The number of hydrogen-bond donors (Lipinski definition) is 1. The van der Waals surface area contributed by atoms with E-state index in [1.165, 1.54) is 18.8 Å². The first kappa shape index (κ1) is 15.8. The lowest BCUT2D eigenvalue weighted by Gasteiger charge is -2.36. The summed E-state index contributed by atoms with van der Waals surface area (Å²) in [4.78, 5) is 10.5. The molecule has 22 heavy (non-hydrogen) atoms. The van der Waals surface area contributed by atoms with Crippen LogP contribution in [0.2, 0.25) is 0 Å². The Labute approximate surface area is 130 Å². The lowest BCUT2D eigenvalue weighted by Crippen LogP contribution is -2.46. The van der Waals surface area contributed by atoms with E-state index in [2.05, 4.69) is 14.9 Å². The number of piperidine rings is 1. The van der Waals surface area contributed by atoms with Gasteiger partial charge in [-0.2, -0.15) is 0 Å². The third kappa shape index (κ3) is 3.15. The van der Waals surface area contributed by atoms with Crippen molar-refractivity contribution in [3.05, 3.63) is 18.2 Å². The quantitative estimate of drug-likeness (QED) is 0.823. The number of nitrogens with zero attached hydrogens (tertiary/aromatic N) is 3. The number of ether oxygens (including phenoxy) is 1. The molecule has 1 N–H and O–H groups in total. The molecule has 1 aromatic heterocycles. The molecular formula is C14H21N3O4S. The third-order valence-electron chi connectivity index (χ3n) is 4.51. The van der Waals surface area contributed by atoms with E-state index >= 15 is 0 Å². The van der Waals surface area contributed by atoms with Crippen LogP contribution in [0.1, 0.15) is 24.5 Å². The zero-order valence-electron chi connectivity index (χ0n) is 12.6. The SMILES string of the molecule is CS(=O)(=O)c1cncnc1C1CCN([C@@H]2COC[C@@H]2O)CC1. The van der Waals surface area contributed by atoms with Crippen molar-refractivity contribution >= 4 is 9.84 Å². The zero-order valence-corrected chi connectivity index (χ0v) is 13.4. The summed E-state index contributed by atoms with van der Waals surface area (Å²) >= 11 is 0. The van der Waals surface area contributed by atoms with Crippen LogP contribution in [-0.4, -0.2) is 73.1 Å². The van der Waals surface area contributed by atoms with E-state index in [4.69, 9.17) is 4.74 Å². The Morgan fingerprint density at radius 1 is 1.32 bits per heavy atom. The Kier molecular flexibility index (Phi) is 4.44. The number of aliphatic hydroxyl groups excluding tert-OH is 1. The average molecular weight is 327 g/mol. The van der Waals surface area contributed by atoms with Crippen LogP contribution in [0.5, 0.6) is 0 Å². The number of likely N-dealkylation sites (tertiary alicyclic amines) is 1. The molecule has 0 saturated carbocycles. The molecule has 2 aliphatic rings. The van der Waals surface area contributed by atoms with Gasteiger partial charge in [0.25, 0.3) is 0 Å². The molecule has 2 saturated heterocycles. The van der Waals surface area contributed by atoms with Crippen molar-refractivity contribution in [2.45, 2.75) is 35.8 Å². The molecule has 1 aromatic rings. The summed E-state index contributed by atoms with van der Waals surface area (Å²) in [6.45, 7) is 2.58. The molecular weight excluding hydrogens is 306 g/mol. The molecule has 0 aliphatic carbocycles. The summed E-state index contributed by atoms with van der Waals surface area (Å²) in [5.41, 5.74) is 0.625. The van der Waals surface area contributed by atoms with Crippen LogP contribution in [0.3, 0.4) is 0 Å². The Hall–Kier alpha value is -1.09. The zero-order chi connectivity index (χ0) is 15.7. The maximum absolute atomic E-state index is 11.9. The molecule has 0 radical (unpaired) electrons. The number of rotatable bonds is 3. The standard InChI is InChI=1S/C14H21N3O4S/c1-22(19,20)13-6-15-9-16-14(13)10-2-4-17(5-3-10)11-7-21-8-12(11)18/h6,9-12,18H,2-5,7-8H2,1H3/t11-,12+/m1/s1. The fourth-order valence-electron chi connectivity index (χ4n) is 3.30. The Bertz CT molecular complexity index is 629. The largest absolute Gasteiger partial charge is 0.389 e. The van der Waals surface area contributed by atoms with Crippen LogP contribution >= 0.6 is 0 Å². The molecule has 2 fully saturated rings. The van der Waals surface area contributed by atoms with Gasteiger partial charge in [0.2, 0.25) is 0 Å². The van der Waals surface area contributed by atoms with Crippen molar-refractivity contribution in [2.24, 2.45) is 0 Å². The lowest BCUT2D eigenvalue weighted by molar-refractivity contribution is 0.0658. The van der Waals surface area contributed by atoms with Crippen LogP contribution in [0.15, 0.2) is 17.4 Å². The summed E-state index contributed by atoms with van der Waals surface area (Å²) in [5, 5.41) is 9.91. The molecule has 0 spiro atoms. The van der Waals surface area contributed by atoms with Crippen LogP contribution in [-0.2, 0) is 14.6 Å². The minimum Gasteiger partial charge on any atom is -0.389 e. The molecule has 8 heteroatoms. The van der Waals surface area contributed by atoms with E-state index in [9.17, 15) is 13.5 Å². The normalized spacial score (nSPS) is 28.1. The summed E-state index contributed by atoms with van der Waals surface area (Å²) in [5.74, 6) is 0.114. The summed E-state index contributed by atoms with van der Waals surface area (Å²) in [6, 6.07) is 0.0562. The second kappa shape index (κ2) is 6.19. The van der Waals surface area contributed by atoms with Gasteiger partial charge in [-0.3, -0.25) is 4.90 Å². The molecule has 2 atom stereocenters. The minimum atomic E-state index is -3.32.